The van der Waals surface area contributed by atoms with Crippen molar-refractivity contribution in [2.75, 3.05) is 38.8 Å². The molecule has 0 bridgehead atoms. The number of hydrogen-bond acceptors (Lipinski definition) is 5. The molecule has 0 radical (unpaired) electrons. The SMILES string of the molecule is COCCOCCCCNc1cccnc1C(=O)O. The minimum Gasteiger partial charge on any atom is -0.476 e. The first-order valence-corrected chi connectivity index (χ1v) is 6.24. The Kier molecular flexibility index (Phi) is 7.53. The molecule has 1 heterocycles. The van der Waals surface area contributed by atoms with Gasteiger partial charge in [-0.05, 0) is 25.0 Å². The van der Waals surface area contributed by atoms with Crippen LogP contribution in [0.25, 0.3) is 0 Å². The molecule has 0 aliphatic carbocycles. The molecule has 0 saturated heterocycles. The van der Waals surface area contributed by atoms with Crippen LogP contribution in [-0.4, -0.2) is 49.5 Å². The second-order valence-corrected chi connectivity index (χ2v) is 3.94. The van der Waals surface area contributed by atoms with Crippen LogP contribution in [0.3, 0.4) is 0 Å². The van der Waals surface area contributed by atoms with Crippen LogP contribution >= 0.6 is 0 Å². The van der Waals surface area contributed by atoms with E-state index < -0.39 is 5.97 Å². The first-order chi connectivity index (χ1) is 9.25. The van der Waals surface area contributed by atoms with Gasteiger partial charge in [0, 0.05) is 26.5 Å². The number of carbonyl (C=O) groups is 1. The molecule has 0 spiro atoms. The van der Waals surface area contributed by atoms with E-state index in [0.717, 1.165) is 12.8 Å². The quantitative estimate of drug-likeness (QED) is 0.628. The van der Waals surface area contributed by atoms with Crippen LogP contribution in [0.1, 0.15) is 23.3 Å². The van der Waals surface area contributed by atoms with Crippen LogP contribution in [0.15, 0.2) is 18.3 Å². The van der Waals surface area contributed by atoms with Gasteiger partial charge in [0.15, 0.2) is 5.69 Å². The summed E-state index contributed by atoms with van der Waals surface area (Å²) in [6.45, 7) is 2.59. The van der Waals surface area contributed by atoms with Gasteiger partial charge >= 0.3 is 5.97 Å². The fourth-order valence-corrected chi connectivity index (χ4v) is 1.51. The van der Waals surface area contributed by atoms with Gasteiger partial charge < -0.3 is 19.9 Å². The van der Waals surface area contributed by atoms with Gasteiger partial charge in [0.1, 0.15) is 0 Å². The van der Waals surface area contributed by atoms with Gasteiger partial charge in [-0.2, -0.15) is 0 Å². The summed E-state index contributed by atoms with van der Waals surface area (Å²) in [5.74, 6) is -1.02. The highest BCUT2D eigenvalue weighted by molar-refractivity contribution is 5.91. The second-order valence-electron chi connectivity index (χ2n) is 3.94. The molecule has 1 rings (SSSR count). The van der Waals surface area contributed by atoms with Crippen molar-refractivity contribution in [3.05, 3.63) is 24.0 Å². The third kappa shape index (κ3) is 6.17. The molecule has 0 aromatic carbocycles. The van der Waals surface area contributed by atoms with E-state index in [1.165, 1.54) is 6.20 Å². The van der Waals surface area contributed by atoms with Gasteiger partial charge in [-0.1, -0.05) is 0 Å². The zero-order chi connectivity index (χ0) is 13.9. The largest absolute Gasteiger partial charge is 0.476 e. The number of carboxylic acids is 1. The van der Waals surface area contributed by atoms with E-state index in [9.17, 15) is 4.79 Å². The fraction of sp³-hybridized carbons (Fsp3) is 0.538. The average molecular weight is 268 g/mol. The van der Waals surface area contributed by atoms with Crippen LogP contribution < -0.4 is 5.32 Å². The molecule has 0 saturated carbocycles. The maximum absolute atomic E-state index is 10.9. The van der Waals surface area contributed by atoms with E-state index in [1.54, 1.807) is 19.2 Å². The van der Waals surface area contributed by atoms with Gasteiger partial charge in [0.2, 0.25) is 0 Å². The summed E-state index contributed by atoms with van der Waals surface area (Å²) < 4.78 is 10.2. The number of anilines is 1. The van der Waals surface area contributed by atoms with Crippen molar-refractivity contribution in [1.82, 2.24) is 4.98 Å². The topological polar surface area (TPSA) is 80.7 Å². The Bertz CT molecular complexity index is 385. The lowest BCUT2D eigenvalue weighted by atomic mass is 10.2. The summed E-state index contributed by atoms with van der Waals surface area (Å²) in [5, 5.41) is 12.0. The molecule has 19 heavy (non-hydrogen) atoms. The number of ether oxygens (including phenoxy) is 2. The summed E-state index contributed by atoms with van der Waals surface area (Å²) in [5.41, 5.74) is 0.606. The Labute approximate surface area is 112 Å². The molecule has 6 nitrogen and oxygen atoms in total. The monoisotopic (exact) mass is 268 g/mol. The van der Waals surface area contributed by atoms with E-state index in [4.69, 9.17) is 14.6 Å². The van der Waals surface area contributed by atoms with Crippen LogP contribution in [0, 0.1) is 0 Å². The van der Waals surface area contributed by atoms with Crippen LogP contribution in [-0.2, 0) is 9.47 Å². The van der Waals surface area contributed by atoms with Crippen molar-refractivity contribution in [3.8, 4) is 0 Å². The predicted octanol–water partition coefficient (Wildman–Crippen LogP) is 1.63. The number of nitrogens with zero attached hydrogens (tertiary/aromatic N) is 1. The first-order valence-electron chi connectivity index (χ1n) is 6.24. The lowest BCUT2D eigenvalue weighted by Crippen LogP contribution is -2.10. The predicted molar refractivity (Wildman–Crippen MR) is 71.6 cm³/mol. The molecule has 0 atom stereocenters. The van der Waals surface area contributed by atoms with Crippen LogP contribution in [0.4, 0.5) is 5.69 Å². The van der Waals surface area contributed by atoms with Gasteiger partial charge in [0.05, 0.1) is 18.9 Å². The molecule has 0 fully saturated rings. The number of methoxy groups -OCH3 is 1. The summed E-state index contributed by atoms with van der Waals surface area (Å²) in [7, 11) is 1.64. The summed E-state index contributed by atoms with van der Waals surface area (Å²) in [6.07, 6.45) is 3.29. The molecule has 1 aromatic heterocycles. The standard InChI is InChI=1S/C13H20N2O4/c1-18-9-10-19-8-3-2-6-14-11-5-4-7-15-12(11)13(16)17/h4-5,7,14H,2-3,6,8-10H2,1H3,(H,16,17). The minimum atomic E-state index is -1.02. The number of nitrogens with one attached hydrogen (secondary N) is 1. The molecule has 0 aliphatic rings. The Balaban J connectivity index is 2.17. The molecule has 106 valence electrons. The Morgan fingerprint density at radius 2 is 2.21 bits per heavy atom. The summed E-state index contributed by atoms with van der Waals surface area (Å²) in [6, 6.07) is 3.42. The first kappa shape index (κ1) is 15.4. The maximum Gasteiger partial charge on any atom is 0.356 e. The van der Waals surface area contributed by atoms with E-state index >= 15 is 0 Å². The van der Waals surface area contributed by atoms with E-state index in [2.05, 4.69) is 10.3 Å². The molecular weight excluding hydrogens is 248 g/mol. The molecular formula is C13H20N2O4. The lowest BCUT2D eigenvalue weighted by molar-refractivity contribution is 0.0688. The highest BCUT2D eigenvalue weighted by atomic mass is 16.5. The van der Waals surface area contributed by atoms with Gasteiger partial charge in [-0.15, -0.1) is 0 Å². The Morgan fingerprint density at radius 1 is 1.37 bits per heavy atom. The number of aromatic nitrogens is 1. The zero-order valence-corrected chi connectivity index (χ0v) is 11.1. The Hall–Kier alpha value is -1.66. The van der Waals surface area contributed by atoms with Crippen molar-refractivity contribution in [2.24, 2.45) is 0 Å². The van der Waals surface area contributed by atoms with Crippen molar-refractivity contribution >= 4 is 11.7 Å². The number of unbranched alkanes of at least 4 members (excludes halogenated alkanes) is 1. The normalized spacial score (nSPS) is 10.4. The average Bonchev–Trinajstić information content (AvgIpc) is 2.42. The van der Waals surface area contributed by atoms with Gasteiger partial charge in [-0.3, -0.25) is 0 Å². The number of rotatable bonds is 10. The maximum atomic E-state index is 10.9. The van der Waals surface area contributed by atoms with E-state index in [0.29, 0.717) is 32.1 Å². The summed E-state index contributed by atoms with van der Waals surface area (Å²) >= 11 is 0. The lowest BCUT2D eigenvalue weighted by Gasteiger charge is -2.08. The third-order valence-corrected chi connectivity index (χ3v) is 2.47. The van der Waals surface area contributed by atoms with E-state index in [-0.39, 0.29) is 5.69 Å². The van der Waals surface area contributed by atoms with Gasteiger partial charge in [-0.25, -0.2) is 9.78 Å². The molecule has 6 heteroatoms. The summed E-state index contributed by atoms with van der Waals surface area (Å²) in [4.78, 5) is 14.7. The van der Waals surface area contributed by atoms with Crippen molar-refractivity contribution in [1.29, 1.82) is 0 Å². The third-order valence-electron chi connectivity index (χ3n) is 2.47. The zero-order valence-electron chi connectivity index (χ0n) is 11.1. The van der Waals surface area contributed by atoms with Crippen molar-refractivity contribution < 1.29 is 19.4 Å². The molecule has 0 amide bonds. The van der Waals surface area contributed by atoms with Crippen molar-refractivity contribution in [2.45, 2.75) is 12.8 Å². The molecule has 0 aliphatic heterocycles. The minimum absolute atomic E-state index is 0.0545. The molecule has 2 N–H and O–H groups in total. The second kappa shape index (κ2) is 9.29. The Morgan fingerprint density at radius 3 is 2.95 bits per heavy atom. The highest BCUT2D eigenvalue weighted by Gasteiger charge is 2.09. The fourth-order valence-electron chi connectivity index (χ4n) is 1.51. The number of carboxylic acid groups (broad SMARTS) is 1. The number of pyridine rings is 1. The smallest absolute Gasteiger partial charge is 0.356 e. The van der Waals surface area contributed by atoms with Crippen LogP contribution in [0.5, 0.6) is 0 Å². The van der Waals surface area contributed by atoms with E-state index in [1.807, 2.05) is 0 Å². The van der Waals surface area contributed by atoms with Crippen LogP contribution in [0.2, 0.25) is 0 Å². The van der Waals surface area contributed by atoms with Crippen molar-refractivity contribution in [3.63, 3.8) is 0 Å². The molecule has 0 unspecified atom stereocenters. The van der Waals surface area contributed by atoms with Gasteiger partial charge in [0.25, 0.3) is 0 Å². The highest BCUT2D eigenvalue weighted by Crippen LogP contribution is 2.11. The number of aromatic carboxylic acids is 1. The molecule has 1 aromatic rings. The number of hydrogen-bond donors (Lipinski definition) is 2.